The average Bonchev–Trinajstić information content (AvgIpc) is 2.48. The van der Waals surface area contributed by atoms with Crippen LogP contribution in [-0.4, -0.2) is 37.2 Å². The van der Waals surface area contributed by atoms with Crippen molar-refractivity contribution in [2.75, 3.05) is 14.1 Å². The highest BCUT2D eigenvalue weighted by Gasteiger charge is 2.21. The van der Waals surface area contributed by atoms with Gasteiger partial charge < -0.3 is 4.90 Å². The first-order valence-corrected chi connectivity index (χ1v) is 6.55. The third-order valence-corrected chi connectivity index (χ3v) is 3.32. The Hall–Kier alpha value is -0.920. The summed E-state index contributed by atoms with van der Waals surface area (Å²) in [7, 11) is 1.88. The van der Waals surface area contributed by atoms with E-state index in [0.717, 1.165) is 12.1 Å². The first kappa shape index (κ1) is 13.1. The van der Waals surface area contributed by atoms with E-state index in [0.29, 0.717) is 0 Å². The minimum atomic E-state index is -3.72. The topological polar surface area (TPSA) is 81.2 Å². The van der Waals surface area contributed by atoms with E-state index in [1.165, 1.54) is 6.07 Å². The summed E-state index contributed by atoms with van der Waals surface area (Å²) in [4.78, 5) is 2.02. The molecule has 16 heavy (non-hydrogen) atoms. The van der Waals surface area contributed by atoms with Gasteiger partial charge in [0.05, 0.1) is 11.7 Å². The number of nitrogens with two attached hydrogens (primary N) is 1. The number of rotatable bonds is 4. The third-order valence-electron chi connectivity index (χ3n) is 2.54. The monoisotopic (exact) mass is 246 g/mol. The molecule has 2 N–H and O–H groups in total. The summed E-state index contributed by atoms with van der Waals surface area (Å²) >= 11 is 0. The smallest absolute Gasteiger partial charge is 0.257 e. The van der Waals surface area contributed by atoms with Gasteiger partial charge >= 0.3 is 0 Å². The maximum Gasteiger partial charge on any atom is 0.257 e. The number of aryl methyl sites for hydroxylation is 1. The molecule has 0 aliphatic rings. The molecule has 0 saturated heterocycles. The molecule has 0 radical (unpaired) electrons. The second kappa shape index (κ2) is 4.52. The third kappa shape index (κ3) is 2.60. The van der Waals surface area contributed by atoms with Crippen molar-refractivity contribution in [1.29, 1.82) is 0 Å². The van der Waals surface area contributed by atoms with Crippen LogP contribution in [0.1, 0.15) is 25.1 Å². The van der Waals surface area contributed by atoms with Gasteiger partial charge in [-0.25, -0.2) is 13.6 Å². The molecule has 1 aromatic rings. The van der Waals surface area contributed by atoms with Crippen LogP contribution in [-0.2, 0) is 17.1 Å². The van der Waals surface area contributed by atoms with Crippen molar-refractivity contribution < 1.29 is 8.42 Å². The summed E-state index contributed by atoms with van der Waals surface area (Å²) in [5.74, 6) is 0. The fraction of sp³-hybridized carbons (Fsp3) is 0.667. The number of hydrogen-bond acceptors (Lipinski definition) is 4. The van der Waals surface area contributed by atoms with Gasteiger partial charge in [-0.15, -0.1) is 0 Å². The lowest BCUT2D eigenvalue weighted by molar-refractivity contribution is 0.279. The van der Waals surface area contributed by atoms with Gasteiger partial charge in [0.2, 0.25) is 0 Å². The quantitative estimate of drug-likeness (QED) is 0.815. The van der Waals surface area contributed by atoms with Gasteiger partial charge in [0.1, 0.15) is 0 Å². The Labute approximate surface area is 96.1 Å². The van der Waals surface area contributed by atoms with Gasteiger partial charge in [0.25, 0.3) is 10.0 Å². The number of primary sulfonamides is 1. The van der Waals surface area contributed by atoms with Gasteiger partial charge in [0, 0.05) is 13.1 Å². The second-order valence-corrected chi connectivity index (χ2v) is 5.47. The fourth-order valence-electron chi connectivity index (χ4n) is 1.74. The van der Waals surface area contributed by atoms with Gasteiger partial charge in [-0.05, 0) is 20.5 Å². The fourth-order valence-corrected chi connectivity index (χ4v) is 2.27. The van der Waals surface area contributed by atoms with Crippen LogP contribution in [0, 0.1) is 0 Å². The predicted octanol–water partition coefficient (Wildman–Crippen LogP) is 0.0802. The zero-order chi connectivity index (χ0) is 12.5. The molecule has 0 saturated carbocycles. The van der Waals surface area contributed by atoms with Crippen LogP contribution < -0.4 is 5.14 Å². The Kier molecular flexibility index (Phi) is 3.72. The number of sulfonamides is 1. The lowest BCUT2D eigenvalue weighted by Gasteiger charge is -2.22. The van der Waals surface area contributed by atoms with Gasteiger partial charge in [0.15, 0.2) is 5.03 Å². The van der Waals surface area contributed by atoms with Crippen molar-refractivity contribution in [3.05, 3.63) is 11.8 Å². The Morgan fingerprint density at radius 1 is 1.56 bits per heavy atom. The second-order valence-electron chi connectivity index (χ2n) is 3.96. The molecular weight excluding hydrogens is 228 g/mol. The summed E-state index contributed by atoms with van der Waals surface area (Å²) in [6.45, 7) is 2.04. The van der Waals surface area contributed by atoms with E-state index in [9.17, 15) is 8.42 Å². The zero-order valence-corrected chi connectivity index (χ0v) is 10.8. The van der Waals surface area contributed by atoms with Crippen LogP contribution in [0.3, 0.4) is 0 Å². The Balaban J connectivity index is 3.21. The van der Waals surface area contributed by atoms with Crippen molar-refractivity contribution in [2.45, 2.75) is 24.4 Å². The normalized spacial score (nSPS) is 14.4. The molecule has 0 aromatic carbocycles. The van der Waals surface area contributed by atoms with Crippen molar-refractivity contribution in [1.82, 2.24) is 14.7 Å². The standard InChI is InChI=1S/C9H18N4O2S/c1-5-7(12(2)3)8-6-9(11-13(8)4)16(10,14)15/h6-7H,5H2,1-4H3,(H2,10,14,15). The maximum atomic E-state index is 11.2. The number of aromatic nitrogens is 2. The molecule has 7 heteroatoms. The lowest BCUT2D eigenvalue weighted by atomic mass is 10.1. The molecule has 0 spiro atoms. The van der Waals surface area contributed by atoms with Crippen molar-refractivity contribution >= 4 is 10.0 Å². The molecule has 0 aliphatic heterocycles. The van der Waals surface area contributed by atoms with E-state index in [4.69, 9.17) is 5.14 Å². The van der Waals surface area contributed by atoms with E-state index in [1.807, 2.05) is 25.9 Å². The summed E-state index contributed by atoms with van der Waals surface area (Å²) in [5, 5.41) is 8.87. The molecule has 1 unspecified atom stereocenters. The van der Waals surface area contributed by atoms with Crippen molar-refractivity contribution in [3.8, 4) is 0 Å². The minimum Gasteiger partial charge on any atom is -0.301 e. The van der Waals surface area contributed by atoms with E-state index >= 15 is 0 Å². The average molecular weight is 246 g/mol. The Morgan fingerprint density at radius 3 is 2.44 bits per heavy atom. The van der Waals surface area contributed by atoms with E-state index in [-0.39, 0.29) is 11.1 Å². The number of hydrogen-bond donors (Lipinski definition) is 1. The molecule has 1 atom stereocenters. The zero-order valence-electron chi connectivity index (χ0n) is 10.0. The van der Waals surface area contributed by atoms with E-state index in [2.05, 4.69) is 5.10 Å². The molecule has 6 nitrogen and oxygen atoms in total. The summed E-state index contributed by atoms with van der Waals surface area (Å²) in [6.07, 6.45) is 0.872. The SMILES string of the molecule is CCC(c1cc(S(N)(=O)=O)nn1C)N(C)C. The highest BCUT2D eigenvalue weighted by atomic mass is 32.2. The molecule has 0 aliphatic carbocycles. The van der Waals surface area contributed by atoms with Crippen LogP contribution >= 0.6 is 0 Å². The van der Waals surface area contributed by atoms with Gasteiger partial charge in [-0.2, -0.15) is 5.10 Å². The predicted molar refractivity (Wildman–Crippen MR) is 61.3 cm³/mol. The molecule has 1 heterocycles. The van der Waals surface area contributed by atoms with Gasteiger partial charge in [-0.1, -0.05) is 6.92 Å². The molecule has 0 amide bonds. The summed E-state index contributed by atoms with van der Waals surface area (Å²) < 4.78 is 23.9. The molecule has 1 rings (SSSR count). The van der Waals surface area contributed by atoms with Crippen LogP contribution in [0.5, 0.6) is 0 Å². The molecule has 0 fully saturated rings. The van der Waals surface area contributed by atoms with Gasteiger partial charge in [-0.3, -0.25) is 4.68 Å². The Morgan fingerprint density at radius 2 is 2.12 bits per heavy atom. The van der Waals surface area contributed by atoms with Crippen molar-refractivity contribution in [2.24, 2.45) is 12.2 Å². The van der Waals surface area contributed by atoms with E-state index < -0.39 is 10.0 Å². The molecular formula is C9H18N4O2S. The van der Waals surface area contributed by atoms with E-state index in [1.54, 1.807) is 11.7 Å². The first-order chi connectivity index (χ1) is 7.27. The molecule has 92 valence electrons. The maximum absolute atomic E-state index is 11.2. The minimum absolute atomic E-state index is 0.0784. The van der Waals surface area contributed by atoms with Crippen LogP contribution in [0.2, 0.25) is 0 Å². The van der Waals surface area contributed by atoms with Crippen molar-refractivity contribution in [3.63, 3.8) is 0 Å². The summed E-state index contributed by atoms with van der Waals surface area (Å²) in [5.41, 5.74) is 0.844. The number of nitrogens with zero attached hydrogens (tertiary/aromatic N) is 3. The van der Waals surface area contributed by atoms with Crippen LogP contribution in [0.4, 0.5) is 0 Å². The highest BCUT2D eigenvalue weighted by molar-refractivity contribution is 7.89. The van der Waals surface area contributed by atoms with Crippen LogP contribution in [0.25, 0.3) is 0 Å². The van der Waals surface area contributed by atoms with Crippen LogP contribution in [0.15, 0.2) is 11.1 Å². The first-order valence-electron chi connectivity index (χ1n) is 5.00. The lowest BCUT2D eigenvalue weighted by Crippen LogP contribution is -2.21. The summed E-state index contributed by atoms with van der Waals surface area (Å²) in [6, 6.07) is 1.66. The molecule has 1 aromatic heterocycles. The molecule has 0 bridgehead atoms. The largest absolute Gasteiger partial charge is 0.301 e. The highest BCUT2D eigenvalue weighted by Crippen LogP contribution is 2.22. The Bertz CT molecular complexity index is 464.